The van der Waals surface area contributed by atoms with Crippen molar-refractivity contribution in [3.63, 3.8) is 0 Å². The van der Waals surface area contributed by atoms with Crippen LogP contribution in [0.4, 0.5) is 0 Å². The van der Waals surface area contributed by atoms with Crippen LogP contribution in [0.5, 0.6) is 0 Å². The monoisotopic (exact) mass is 189 g/mol. The third kappa shape index (κ3) is 7.74. The Morgan fingerprint density at radius 2 is 1.92 bits per heavy atom. The Morgan fingerprint density at radius 3 is 2.46 bits per heavy atom. The SMILES string of the molecule is C[C@@H](NCCCCCCO)C(=O)O. The average molecular weight is 189 g/mol. The van der Waals surface area contributed by atoms with Crippen molar-refractivity contribution in [3.8, 4) is 0 Å². The fourth-order valence-electron chi connectivity index (χ4n) is 0.996. The number of aliphatic carboxylic acids is 1. The highest BCUT2D eigenvalue weighted by Crippen LogP contribution is 1.97. The van der Waals surface area contributed by atoms with Crippen LogP contribution in [0, 0.1) is 0 Å². The van der Waals surface area contributed by atoms with Gasteiger partial charge < -0.3 is 15.5 Å². The lowest BCUT2D eigenvalue weighted by atomic mass is 10.2. The number of carbonyl (C=O) groups is 1. The molecule has 0 spiro atoms. The topological polar surface area (TPSA) is 69.6 Å². The van der Waals surface area contributed by atoms with Gasteiger partial charge in [0.15, 0.2) is 0 Å². The molecule has 0 aliphatic rings. The second-order valence-electron chi connectivity index (χ2n) is 3.15. The number of hydrogen-bond acceptors (Lipinski definition) is 3. The molecule has 13 heavy (non-hydrogen) atoms. The Morgan fingerprint density at radius 1 is 1.31 bits per heavy atom. The minimum atomic E-state index is -0.810. The molecule has 0 radical (unpaired) electrons. The lowest BCUT2D eigenvalue weighted by molar-refractivity contribution is -0.138. The van der Waals surface area contributed by atoms with Gasteiger partial charge in [-0.25, -0.2) is 0 Å². The van der Waals surface area contributed by atoms with Crippen molar-refractivity contribution in [2.24, 2.45) is 0 Å². The van der Waals surface area contributed by atoms with E-state index >= 15 is 0 Å². The first-order valence-electron chi connectivity index (χ1n) is 4.75. The minimum absolute atomic E-state index is 0.249. The van der Waals surface area contributed by atoms with E-state index < -0.39 is 12.0 Å². The maximum atomic E-state index is 10.4. The first kappa shape index (κ1) is 12.4. The predicted octanol–water partition coefficient (Wildman–Crippen LogP) is 0.602. The maximum Gasteiger partial charge on any atom is 0.320 e. The number of carboxylic acids is 1. The maximum absolute atomic E-state index is 10.4. The van der Waals surface area contributed by atoms with Crippen molar-refractivity contribution in [1.82, 2.24) is 5.32 Å². The third-order valence-electron chi connectivity index (χ3n) is 1.91. The first-order valence-corrected chi connectivity index (χ1v) is 4.75. The van der Waals surface area contributed by atoms with Crippen LogP contribution in [0.15, 0.2) is 0 Å². The summed E-state index contributed by atoms with van der Waals surface area (Å²) in [7, 11) is 0. The minimum Gasteiger partial charge on any atom is -0.480 e. The van der Waals surface area contributed by atoms with Gasteiger partial charge in [0.05, 0.1) is 0 Å². The van der Waals surface area contributed by atoms with Crippen LogP contribution in [0.3, 0.4) is 0 Å². The zero-order valence-corrected chi connectivity index (χ0v) is 8.12. The number of aliphatic hydroxyl groups is 1. The molecule has 0 saturated heterocycles. The summed E-state index contributed by atoms with van der Waals surface area (Å²) < 4.78 is 0. The smallest absolute Gasteiger partial charge is 0.320 e. The number of nitrogens with one attached hydrogen (secondary N) is 1. The van der Waals surface area contributed by atoms with Gasteiger partial charge in [0, 0.05) is 6.61 Å². The largest absolute Gasteiger partial charge is 0.480 e. The molecule has 0 aromatic rings. The van der Waals surface area contributed by atoms with E-state index in [1.165, 1.54) is 0 Å². The van der Waals surface area contributed by atoms with E-state index in [-0.39, 0.29) is 6.61 Å². The van der Waals surface area contributed by atoms with Crippen molar-refractivity contribution in [2.45, 2.75) is 38.6 Å². The standard InChI is InChI=1S/C9H19NO3/c1-8(9(12)13)10-6-4-2-3-5-7-11/h8,10-11H,2-7H2,1H3,(H,12,13)/t8-/m1/s1. The molecule has 0 aliphatic heterocycles. The lowest BCUT2D eigenvalue weighted by Crippen LogP contribution is -2.34. The molecule has 0 aromatic heterocycles. The van der Waals surface area contributed by atoms with Gasteiger partial charge in [-0.2, -0.15) is 0 Å². The molecule has 1 atom stereocenters. The Balaban J connectivity index is 3.11. The second kappa shape index (κ2) is 8.01. The molecule has 0 bridgehead atoms. The zero-order valence-electron chi connectivity index (χ0n) is 8.12. The number of rotatable bonds is 8. The molecule has 0 heterocycles. The van der Waals surface area contributed by atoms with Gasteiger partial charge in [0.1, 0.15) is 6.04 Å². The highest BCUT2D eigenvalue weighted by Gasteiger charge is 2.07. The molecule has 4 heteroatoms. The summed E-state index contributed by atoms with van der Waals surface area (Å²) in [6, 6.07) is -0.460. The van der Waals surface area contributed by atoms with E-state index in [0.717, 1.165) is 32.2 Å². The van der Waals surface area contributed by atoms with Crippen molar-refractivity contribution in [3.05, 3.63) is 0 Å². The number of unbranched alkanes of at least 4 members (excludes halogenated alkanes) is 3. The summed E-state index contributed by atoms with van der Waals surface area (Å²) in [5.41, 5.74) is 0. The van der Waals surface area contributed by atoms with Crippen LogP contribution in [-0.2, 0) is 4.79 Å². The number of aliphatic hydroxyl groups excluding tert-OH is 1. The van der Waals surface area contributed by atoms with Gasteiger partial charge in [0.2, 0.25) is 0 Å². The summed E-state index contributed by atoms with van der Waals surface area (Å²) >= 11 is 0. The van der Waals surface area contributed by atoms with Crippen LogP contribution >= 0.6 is 0 Å². The summed E-state index contributed by atoms with van der Waals surface area (Å²) in [5, 5.41) is 19.9. The molecule has 0 saturated carbocycles. The fourth-order valence-corrected chi connectivity index (χ4v) is 0.996. The Labute approximate surface area is 79.0 Å². The summed E-state index contributed by atoms with van der Waals surface area (Å²) in [6.45, 7) is 2.62. The molecule has 0 aliphatic carbocycles. The fraction of sp³-hybridized carbons (Fsp3) is 0.889. The van der Waals surface area contributed by atoms with Gasteiger partial charge in [0.25, 0.3) is 0 Å². The molecule has 0 unspecified atom stereocenters. The summed E-state index contributed by atoms with van der Waals surface area (Å²) in [4.78, 5) is 10.4. The number of hydrogen-bond donors (Lipinski definition) is 3. The Hall–Kier alpha value is -0.610. The van der Waals surface area contributed by atoms with E-state index in [2.05, 4.69) is 5.32 Å². The summed E-state index contributed by atoms with van der Waals surface area (Å²) in [5.74, 6) is -0.810. The van der Waals surface area contributed by atoms with Gasteiger partial charge in [-0.15, -0.1) is 0 Å². The van der Waals surface area contributed by atoms with E-state index in [1.54, 1.807) is 6.92 Å². The van der Waals surface area contributed by atoms with E-state index in [4.69, 9.17) is 10.2 Å². The zero-order chi connectivity index (χ0) is 10.1. The quantitative estimate of drug-likeness (QED) is 0.489. The van der Waals surface area contributed by atoms with E-state index in [1.807, 2.05) is 0 Å². The Kier molecular flexibility index (Phi) is 7.63. The first-order chi connectivity index (χ1) is 6.18. The lowest BCUT2D eigenvalue weighted by Gasteiger charge is -2.07. The molecule has 0 rings (SSSR count). The predicted molar refractivity (Wildman–Crippen MR) is 50.7 cm³/mol. The number of carboxylic acid groups (broad SMARTS) is 1. The highest BCUT2D eigenvalue weighted by atomic mass is 16.4. The Bertz CT molecular complexity index is 139. The van der Waals surface area contributed by atoms with Crippen LogP contribution in [0.1, 0.15) is 32.6 Å². The van der Waals surface area contributed by atoms with Gasteiger partial charge >= 0.3 is 5.97 Å². The molecule has 4 nitrogen and oxygen atoms in total. The molecule has 78 valence electrons. The van der Waals surface area contributed by atoms with Crippen LogP contribution in [0.2, 0.25) is 0 Å². The van der Waals surface area contributed by atoms with Crippen LogP contribution in [0.25, 0.3) is 0 Å². The van der Waals surface area contributed by atoms with Crippen LogP contribution in [-0.4, -0.2) is 35.4 Å². The van der Waals surface area contributed by atoms with Crippen molar-refractivity contribution in [2.75, 3.05) is 13.2 Å². The summed E-state index contributed by atoms with van der Waals surface area (Å²) in [6.07, 6.45) is 3.87. The molecule has 0 amide bonds. The molecule has 3 N–H and O–H groups in total. The van der Waals surface area contributed by atoms with Gasteiger partial charge in [-0.05, 0) is 26.3 Å². The van der Waals surface area contributed by atoms with E-state index in [9.17, 15) is 4.79 Å². The van der Waals surface area contributed by atoms with Crippen LogP contribution < -0.4 is 5.32 Å². The molecule has 0 aromatic carbocycles. The normalized spacial score (nSPS) is 12.8. The van der Waals surface area contributed by atoms with Gasteiger partial charge in [-0.3, -0.25) is 4.79 Å². The van der Waals surface area contributed by atoms with Crippen molar-refractivity contribution >= 4 is 5.97 Å². The van der Waals surface area contributed by atoms with E-state index in [0.29, 0.717) is 0 Å². The van der Waals surface area contributed by atoms with Gasteiger partial charge in [-0.1, -0.05) is 12.8 Å². The molecular formula is C9H19NO3. The average Bonchev–Trinajstić information content (AvgIpc) is 2.10. The van der Waals surface area contributed by atoms with Crippen molar-refractivity contribution in [1.29, 1.82) is 0 Å². The molecule has 0 fully saturated rings. The van der Waals surface area contributed by atoms with Crippen molar-refractivity contribution < 1.29 is 15.0 Å². The second-order valence-corrected chi connectivity index (χ2v) is 3.15. The molecular weight excluding hydrogens is 170 g/mol. The highest BCUT2D eigenvalue weighted by molar-refractivity contribution is 5.72. The third-order valence-corrected chi connectivity index (χ3v) is 1.91.